The van der Waals surface area contributed by atoms with Crippen LogP contribution in [-0.2, 0) is 10.0 Å². The van der Waals surface area contributed by atoms with Gasteiger partial charge < -0.3 is 15.1 Å². The number of amides is 3. The lowest BCUT2D eigenvalue weighted by atomic mass is 10.1. The minimum absolute atomic E-state index is 0.123. The van der Waals surface area contributed by atoms with Gasteiger partial charge in [0.1, 0.15) is 5.69 Å². The number of rotatable bonds is 4. The lowest BCUT2D eigenvalue weighted by Crippen LogP contribution is -2.53. The molecule has 2 saturated heterocycles. The third kappa shape index (κ3) is 4.95. The van der Waals surface area contributed by atoms with Gasteiger partial charge in [0.05, 0.1) is 6.26 Å². The molecule has 0 spiro atoms. The van der Waals surface area contributed by atoms with E-state index in [0.29, 0.717) is 51.5 Å². The Kier molecular flexibility index (Phi) is 5.95. The van der Waals surface area contributed by atoms with E-state index >= 15 is 0 Å². The van der Waals surface area contributed by atoms with Crippen LogP contribution >= 0.6 is 0 Å². The van der Waals surface area contributed by atoms with Crippen molar-refractivity contribution in [2.75, 3.05) is 52.1 Å². The highest BCUT2D eigenvalue weighted by molar-refractivity contribution is 7.88. The highest BCUT2D eigenvalue weighted by Gasteiger charge is 2.30. The molecule has 148 valence electrons. The van der Waals surface area contributed by atoms with Crippen LogP contribution in [0, 0.1) is 5.92 Å². The largest absolute Gasteiger partial charge is 0.338 e. The lowest BCUT2D eigenvalue weighted by Gasteiger charge is -2.34. The second kappa shape index (κ2) is 8.22. The molecule has 1 aromatic rings. The summed E-state index contributed by atoms with van der Waals surface area (Å²) in [5, 5.41) is 2.89. The number of aromatic nitrogens is 1. The summed E-state index contributed by atoms with van der Waals surface area (Å²) in [6.45, 7) is 3.27. The van der Waals surface area contributed by atoms with Gasteiger partial charge in [-0.1, -0.05) is 6.07 Å². The van der Waals surface area contributed by atoms with Gasteiger partial charge in [0.25, 0.3) is 5.91 Å². The predicted octanol–water partition coefficient (Wildman–Crippen LogP) is -0.169. The summed E-state index contributed by atoms with van der Waals surface area (Å²) in [6.07, 6.45) is 3.55. The molecule has 10 heteroatoms. The standard InChI is InChI=1S/C17H25N5O4S/c1-27(25,26)22-7-5-14(13-22)12-19-17(24)21-10-8-20(9-11-21)16(23)15-4-2-3-6-18-15/h2-4,6,14H,5,7-13H2,1H3,(H,19,24). The van der Waals surface area contributed by atoms with Crippen molar-refractivity contribution in [3.05, 3.63) is 30.1 Å². The van der Waals surface area contributed by atoms with Crippen LogP contribution in [-0.4, -0.2) is 91.5 Å². The molecule has 27 heavy (non-hydrogen) atoms. The van der Waals surface area contributed by atoms with Crippen LogP contribution in [0.5, 0.6) is 0 Å². The molecule has 0 saturated carbocycles. The van der Waals surface area contributed by atoms with E-state index in [9.17, 15) is 18.0 Å². The van der Waals surface area contributed by atoms with Gasteiger partial charge >= 0.3 is 6.03 Å². The molecule has 0 aliphatic carbocycles. The monoisotopic (exact) mass is 395 g/mol. The second-order valence-corrected chi connectivity index (χ2v) is 8.94. The van der Waals surface area contributed by atoms with Gasteiger partial charge in [-0.05, 0) is 24.5 Å². The molecule has 2 fully saturated rings. The summed E-state index contributed by atoms with van der Waals surface area (Å²) in [5.41, 5.74) is 0.409. The van der Waals surface area contributed by atoms with E-state index in [0.717, 1.165) is 6.42 Å². The lowest BCUT2D eigenvalue weighted by molar-refractivity contribution is 0.0659. The Bertz CT molecular complexity index is 778. The summed E-state index contributed by atoms with van der Waals surface area (Å²) < 4.78 is 24.5. The Morgan fingerprint density at radius 3 is 2.44 bits per heavy atom. The van der Waals surface area contributed by atoms with Crippen LogP contribution in [0.2, 0.25) is 0 Å². The first kappa shape index (κ1) is 19.6. The Morgan fingerprint density at radius 1 is 1.15 bits per heavy atom. The van der Waals surface area contributed by atoms with Crippen molar-refractivity contribution >= 4 is 22.0 Å². The quantitative estimate of drug-likeness (QED) is 0.763. The number of sulfonamides is 1. The van der Waals surface area contributed by atoms with Crippen LogP contribution in [0.25, 0.3) is 0 Å². The van der Waals surface area contributed by atoms with Crippen molar-refractivity contribution in [2.45, 2.75) is 6.42 Å². The molecule has 1 aromatic heterocycles. The van der Waals surface area contributed by atoms with E-state index in [1.54, 1.807) is 34.2 Å². The molecule has 2 aliphatic rings. The second-order valence-electron chi connectivity index (χ2n) is 6.96. The minimum atomic E-state index is -3.16. The number of hydrogen-bond acceptors (Lipinski definition) is 5. The maximum absolute atomic E-state index is 12.4. The number of piperazine rings is 1. The van der Waals surface area contributed by atoms with Crippen molar-refractivity contribution < 1.29 is 18.0 Å². The van der Waals surface area contributed by atoms with E-state index in [4.69, 9.17) is 0 Å². The Balaban J connectivity index is 1.42. The fraction of sp³-hybridized carbons (Fsp3) is 0.588. The third-order valence-electron chi connectivity index (χ3n) is 5.00. The molecule has 2 aliphatic heterocycles. The Labute approximate surface area is 159 Å². The summed E-state index contributed by atoms with van der Waals surface area (Å²) >= 11 is 0. The predicted molar refractivity (Wildman–Crippen MR) is 99.6 cm³/mol. The van der Waals surface area contributed by atoms with Gasteiger partial charge in [-0.15, -0.1) is 0 Å². The van der Waals surface area contributed by atoms with Crippen LogP contribution in [0.1, 0.15) is 16.9 Å². The number of hydrogen-bond donors (Lipinski definition) is 1. The zero-order valence-electron chi connectivity index (χ0n) is 15.4. The van der Waals surface area contributed by atoms with Gasteiger partial charge in [-0.3, -0.25) is 9.78 Å². The van der Waals surface area contributed by atoms with Crippen molar-refractivity contribution in [3.63, 3.8) is 0 Å². The molecule has 1 N–H and O–H groups in total. The SMILES string of the molecule is CS(=O)(=O)N1CCC(CNC(=O)N2CCN(C(=O)c3ccccn3)CC2)C1. The maximum Gasteiger partial charge on any atom is 0.317 e. The molecular weight excluding hydrogens is 370 g/mol. The molecular formula is C17H25N5O4S. The average Bonchev–Trinajstić information content (AvgIpc) is 3.16. The number of carbonyl (C=O) groups is 2. The summed E-state index contributed by atoms with van der Waals surface area (Å²) in [7, 11) is -3.16. The summed E-state index contributed by atoms with van der Waals surface area (Å²) in [5.74, 6) is 0.0122. The zero-order chi connectivity index (χ0) is 19.4. The number of nitrogens with zero attached hydrogens (tertiary/aromatic N) is 4. The normalized spacial score (nSPS) is 21.3. The number of pyridine rings is 1. The third-order valence-corrected chi connectivity index (χ3v) is 6.27. The van der Waals surface area contributed by atoms with E-state index in [-0.39, 0.29) is 17.9 Å². The Hall–Kier alpha value is -2.20. The van der Waals surface area contributed by atoms with E-state index in [2.05, 4.69) is 10.3 Å². The van der Waals surface area contributed by atoms with Crippen LogP contribution in [0.15, 0.2) is 24.4 Å². The number of carbonyl (C=O) groups excluding carboxylic acids is 2. The first-order valence-electron chi connectivity index (χ1n) is 9.03. The first-order valence-corrected chi connectivity index (χ1v) is 10.9. The van der Waals surface area contributed by atoms with E-state index < -0.39 is 10.0 Å². The zero-order valence-corrected chi connectivity index (χ0v) is 16.2. The van der Waals surface area contributed by atoms with Gasteiger partial charge in [0, 0.05) is 52.0 Å². The van der Waals surface area contributed by atoms with Crippen molar-refractivity contribution in [1.29, 1.82) is 0 Å². The van der Waals surface area contributed by atoms with Crippen LogP contribution in [0.4, 0.5) is 4.79 Å². The van der Waals surface area contributed by atoms with Gasteiger partial charge in [0.2, 0.25) is 10.0 Å². The molecule has 3 amide bonds. The fourth-order valence-electron chi connectivity index (χ4n) is 3.37. The van der Waals surface area contributed by atoms with Crippen molar-refractivity contribution in [2.24, 2.45) is 5.92 Å². The van der Waals surface area contributed by atoms with Gasteiger partial charge in [-0.25, -0.2) is 17.5 Å². The smallest absolute Gasteiger partial charge is 0.317 e. The minimum Gasteiger partial charge on any atom is -0.338 e. The first-order chi connectivity index (χ1) is 12.8. The Morgan fingerprint density at radius 2 is 1.85 bits per heavy atom. The van der Waals surface area contributed by atoms with E-state index in [1.807, 2.05) is 0 Å². The molecule has 9 nitrogen and oxygen atoms in total. The molecule has 0 bridgehead atoms. The van der Waals surface area contributed by atoms with Gasteiger partial charge in [0.15, 0.2) is 0 Å². The van der Waals surface area contributed by atoms with E-state index in [1.165, 1.54) is 10.6 Å². The number of nitrogens with one attached hydrogen (secondary N) is 1. The maximum atomic E-state index is 12.4. The van der Waals surface area contributed by atoms with Crippen LogP contribution < -0.4 is 5.32 Å². The topological polar surface area (TPSA) is 103 Å². The van der Waals surface area contributed by atoms with Crippen molar-refractivity contribution in [1.82, 2.24) is 24.4 Å². The number of urea groups is 1. The van der Waals surface area contributed by atoms with Gasteiger partial charge in [-0.2, -0.15) is 0 Å². The summed E-state index contributed by atoms with van der Waals surface area (Å²) in [6, 6.07) is 5.05. The van der Waals surface area contributed by atoms with Crippen molar-refractivity contribution in [3.8, 4) is 0 Å². The van der Waals surface area contributed by atoms with Crippen LogP contribution in [0.3, 0.4) is 0 Å². The highest BCUT2D eigenvalue weighted by atomic mass is 32.2. The summed E-state index contributed by atoms with van der Waals surface area (Å²) in [4.78, 5) is 32.2. The molecule has 1 atom stereocenters. The molecule has 1 unspecified atom stereocenters. The fourth-order valence-corrected chi connectivity index (χ4v) is 4.29. The average molecular weight is 395 g/mol. The molecule has 0 aromatic carbocycles. The molecule has 0 radical (unpaired) electrons. The molecule has 3 heterocycles. The highest BCUT2D eigenvalue weighted by Crippen LogP contribution is 2.18. The molecule has 3 rings (SSSR count).